The Balaban J connectivity index is 1.23. The van der Waals surface area contributed by atoms with Crippen LogP contribution in [0.4, 0.5) is 0 Å². The van der Waals surface area contributed by atoms with E-state index in [1.54, 1.807) is 0 Å². The first kappa shape index (κ1) is 30.0. The Morgan fingerprint density at radius 1 is 0.881 bits per heavy atom. The van der Waals surface area contributed by atoms with Gasteiger partial charge >= 0.3 is 0 Å². The van der Waals surface area contributed by atoms with E-state index >= 15 is 0 Å². The van der Waals surface area contributed by atoms with E-state index in [4.69, 9.17) is 0 Å². The van der Waals surface area contributed by atoms with Crippen molar-refractivity contribution in [1.29, 1.82) is 0 Å². The summed E-state index contributed by atoms with van der Waals surface area (Å²) in [6, 6.07) is 28.3. The highest BCUT2D eigenvalue weighted by Crippen LogP contribution is 2.23. The zero-order valence-electron chi connectivity index (χ0n) is 25.0. The van der Waals surface area contributed by atoms with Crippen LogP contribution in [-0.4, -0.2) is 73.0 Å². The summed E-state index contributed by atoms with van der Waals surface area (Å²) in [6.45, 7) is 7.31. The molecule has 5 rings (SSSR count). The number of benzene rings is 3. The largest absolute Gasteiger partial charge is 0.350 e. The first-order valence-corrected chi connectivity index (χ1v) is 15.9. The molecule has 42 heavy (non-hydrogen) atoms. The van der Waals surface area contributed by atoms with Crippen LogP contribution in [-0.2, 0) is 4.79 Å². The fourth-order valence-electron chi connectivity index (χ4n) is 6.35. The van der Waals surface area contributed by atoms with Crippen LogP contribution in [0.5, 0.6) is 0 Å². The number of rotatable bonds is 11. The van der Waals surface area contributed by atoms with Gasteiger partial charge in [-0.2, -0.15) is 0 Å². The third kappa shape index (κ3) is 8.08. The van der Waals surface area contributed by atoms with Gasteiger partial charge in [-0.25, -0.2) is 0 Å². The zero-order chi connectivity index (χ0) is 29.1. The van der Waals surface area contributed by atoms with Gasteiger partial charge in [0.1, 0.15) is 0 Å². The summed E-state index contributed by atoms with van der Waals surface area (Å²) in [6.07, 6.45) is 6.39. The molecule has 6 heteroatoms. The molecule has 3 atom stereocenters. The minimum absolute atomic E-state index is 0.0367. The molecule has 2 saturated heterocycles. The van der Waals surface area contributed by atoms with Crippen LogP contribution in [0.2, 0.25) is 0 Å². The van der Waals surface area contributed by atoms with Crippen LogP contribution in [0, 0.1) is 0 Å². The molecular formula is C36H46N4O2. The number of hydrogen-bond donors (Lipinski definition) is 2. The second-order valence-corrected chi connectivity index (χ2v) is 11.8. The number of piperidine rings is 1. The van der Waals surface area contributed by atoms with E-state index in [1.165, 1.54) is 24.8 Å². The zero-order valence-corrected chi connectivity index (χ0v) is 25.0. The van der Waals surface area contributed by atoms with Gasteiger partial charge in [0.2, 0.25) is 5.91 Å². The van der Waals surface area contributed by atoms with Crippen LogP contribution in [0.15, 0.2) is 84.9 Å². The van der Waals surface area contributed by atoms with Crippen molar-refractivity contribution in [2.75, 3.05) is 39.3 Å². The Morgan fingerprint density at radius 3 is 2.24 bits per heavy atom. The van der Waals surface area contributed by atoms with Crippen molar-refractivity contribution in [3.63, 3.8) is 0 Å². The normalized spacial score (nSPS) is 20.6. The van der Waals surface area contributed by atoms with E-state index in [1.807, 2.05) is 48.5 Å². The molecule has 0 unspecified atom stereocenters. The summed E-state index contributed by atoms with van der Waals surface area (Å²) < 4.78 is 0. The average molecular weight is 567 g/mol. The molecule has 2 aliphatic heterocycles. The monoisotopic (exact) mass is 566 g/mol. The predicted molar refractivity (Wildman–Crippen MR) is 171 cm³/mol. The van der Waals surface area contributed by atoms with Crippen LogP contribution in [0.25, 0.3) is 11.1 Å². The Hall–Kier alpha value is -3.48. The van der Waals surface area contributed by atoms with E-state index in [0.29, 0.717) is 24.6 Å². The first-order chi connectivity index (χ1) is 20.6. The summed E-state index contributed by atoms with van der Waals surface area (Å²) in [4.78, 5) is 31.6. The van der Waals surface area contributed by atoms with Gasteiger partial charge in [-0.1, -0.05) is 86.1 Å². The van der Waals surface area contributed by atoms with Crippen molar-refractivity contribution < 1.29 is 9.59 Å². The molecule has 3 aromatic carbocycles. The Kier molecular flexibility index (Phi) is 10.8. The number of hydrogen-bond acceptors (Lipinski definition) is 4. The van der Waals surface area contributed by atoms with Crippen molar-refractivity contribution in [1.82, 2.24) is 20.4 Å². The fraction of sp³-hybridized carbons (Fsp3) is 0.444. The van der Waals surface area contributed by atoms with Crippen LogP contribution < -0.4 is 10.6 Å². The van der Waals surface area contributed by atoms with Gasteiger partial charge in [0.05, 0.1) is 6.04 Å². The molecule has 2 amide bonds. The molecule has 0 bridgehead atoms. The Morgan fingerprint density at radius 2 is 1.55 bits per heavy atom. The lowest BCUT2D eigenvalue weighted by Crippen LogP contribution is -2.50. The van der Waals surface area contributed by atoms with Gasteiger partial charge in [-0.05, 0) is 74.0 Å². The first-order valence-electron chi connectivity index (χ1n) is 15.9. The molecule has 0 radical (unpaired) electrons. The van der Waals surface area contributed by atoms with Gasteiger partial charge in [-0.3, -0.25) is 9.59 Å². The number of amides is 2. The highest BCUT2D eigenvalue weighted by Gasteiger charge is 2.32. The molecule has 2 heterocycles. The quantitative estimate of drug-likeness (QED) is 0.312. The maximum Gasteiger partial charge on any atom is 0.251 e. The van der Waals surface area contributed by atoms with Crippen molar-refractivity contribution >= 4 is 11.8 Å². The minimum atomic E-state index is -0.241. The van der Waals surface area contributed by atoms with E-state index in [2.05, 4.69) is 63.8 Å². The summed E-state index contributed by atoms with van der Waals surface area (Å²) >= 11 is 0. The predicted octanol–water partition coefficient (Wildman–Crippen LogP) is 5.71. The van der Waals surface area contributed by atoms with Gasteiger partial charge in [0, 0.05) is 43.7 Å². The average Bonchev–Trinajstić information content (AvgIpc) is 3.20. The second kappa shape index (κ2) is 15.1. The molecule has 222 valence electrons. The lowest BCUT2D eigenvalue weighted by atomic mass is 9.95. The van der Waals surface area contributed by atoms with Crippen molar-refractivity contribution in [2.45, 2.75) is 63.5 Å². The van der Waals surface area contributed by atoms with E-state index in [9.17, 15) is 9.59 Å². The molecule has 2 N–H and O–H groups in total. The molecule has 2 fully saturated rings. The fourth-order valence-corrected chi connectivity index (χ4v) is 6.35. The van der Waals surface area contributed by atoms with Crippen LogP contribution in [0.3, 0.4) is 0 Å². The highest BCUT2D eigenvalue weighted by atomic mass is 16.2. The van der Waals surface area contributed by atoms with Crippen molar-refractivity contribution in [3.8, 4) is 11.1 Å². The molecule has 3 aromatic rings. The van der Waals surface area contributed by atoms with Crippen LogP contribution in [0.1, 0.15) is 67.3 Å². The summed E-state index contributed by atoms with van der Waals surface area (Å²) in [5.74, 6) is 0.434. The van der Waals surface area contributed by atoms with Gasteiger partial charge in [0.15, 0.2) is 0 Å². The molecular weight excluding hydrogens is 520 g/mol. The molecule has 0 aromatic heterocycles. The summed E-state index contributed by atoms with van der Waals surface area (Å²) in [5, 5.41) is 6.82. The standard InChI is InChI=1S/C36H46N4O2/c1-2-28(29-12-6-3-7-13-29)27-40-25-20-33(38-34(36(40)42)21-24-39-22-10-5-11-23-39)26-37-35(41)32-18-16-31(17-19-32)30-14-8-4-9-15-30/h3-4,6-9,12-19,28,33-34,38H,2,5,10-11,20-27H2,1H3,(H,37,41)/t28-,33-,34-/m1/s1. The maximum atomic E-state index is 13.9. The third-order valence-electron chi connectivity index (χ3n) is 8.94. The van der Waals surface area contributed by atoms with E-state index < -0.39 is 0 Å². The van der Waals surface area contributed by atoms with Gasteiger partial charge in [-0.15, -0.1) is 0 Å². The number of nitrogens with one attached hydrogen (secondary N) is 2. The van der Waals surface area contributed by atoms with Crippen LogP contribution >= 0.6 is 0 Å². The van der Waals surface area contributed by atoms with Crippen molar-refractivity contribution in [2.24, 2.45) is 0 Å². The highest BCUT2D eigenvalue weighted by molar-refractivity contribution is 5.94. The molecule has 6 nitrogen and oxygen atoms in total. The molecule has 0 aliphatic carbocycles. The Labute approximate surface area is 251 Å². The molecule has 0 spiro atoms. The minimum Gasteiger partial charge on any atom is -0.350 e. The maximum absolute atomic E-state index is 13.9. The second-order valence-electron chi connectivity index (χ2n) is 11.8. The topological polar surface area (TPSA) is 64.7 Å². The smallest absolute Gasteiger partial charge is 0.251 e. The number of likely N-dealkylation sites (tertiary alicyclic amines) is 1. The van der Waals surface area contributed by atoms with E-state index in [0.717, 1.165) is 56.6 Å². The molecule has 2 aliphatic rings. The summed E-state index contributed by atoms with van der Waals surface area (Å²) in [5.41, 5.74) is 4.16. The molecule has 0 saturated carbocycles. The summed E-state index contributed by atoms with van der Waals surface area (Å²) in [7, 11) is 0. The Bertz CT molecular complexity index is 1260. The van der Waals surface area contributed by atoms with Crippen molar-refractivity contribution in [3.05, 3.63) is 96.1 Å². The number of carbonyl (C=O) groups is 2. The lowest BCUT2D eigenvalue weighted by molar-refractivity contribution is -0.133. The lowest BCUT2D eigenvalue weighted by Gasteiger charge is -2.31. The van der Waals surface area contributed by atoms with Gasteiger partial charge in [0.25, 0.3) is 5.91 Å². The van der Waals surface area contributed by atoms with E-state index in [-0.39, 0.29) is 23.9 Å². The van der Waals surface area contributed by atoms with Gasteiger partial charge < -0.3 is 20.4 Å². The SMILES string of the molecule is CC[C@H](CN1CC[C@H](CNC(=O)c2ccc(-c3ccccc3)cc2)N[C@H](CCN2CCCCC2)C1=O)c1ccccc1. The number of carbonyl (C=O) groups excluding carboxylic acids is 2. The number of nitrogens with zero attached hydrogens (tertiary/aromatic N) is 2. The third-order valence-corrected chi connectivity index (χ3v) is 8.94.